The molecule has 0 fully saturated rings. The van der Waals surface area contributed by atoms with Crippen molar-refractivity contribution in [1.82, 2.24) is 0 Å². The molecule has 0 amide bonds. The van der Waals surface area contributed by atoms with E-state index in [0.29, 0.717) is 13.2 Å². The third-order valence-corrected chi connectivity index (χ3v) is 5.27. The van der Waals surface area contributed by atoms with Crippen LogP contribution in [0.25, 0.3) is 0 Å². The Hall–Kier alpha value is -1.32. The lowest BCUT2D eigenvalue weighted by Gasteiger charge is -2.33. The topological polar surface area (TPSA) is 52.6 Å². The van der Waals surface area contributed by atoms with Crippen molar-refractivity contribution >= 4 is 11.9 Å². The van der Waals surface area contributed by atoms with Crippen LogP contribution in [0.5, 0.6) is 0 Å². The van der Waals surface area contributed by atoms with E-state index in [1.807, 2.05) is 26.0 Å². The zero-order chi connectivity index (χ0) is 19.4. The number of carbonyl (C=O) groups excluding carboxylic acids is 2. The van der Waals surface area contributed by atoms with Crippen LogP contribution >= 0.6 is 0 Å². The van der Waals surface area contributed by atoms with Crippen molar-refractivity contribution in [3.63, 3.8) is 0 Å². The average molecular weight is 367 g/mol. The minimum atomic E-state index is -0.440. The highest BCUT2D eigenvalue weighted by molar-refractivity contribution is 5.83. The maximum atomic E-state index is 12.7. The van der Waals surface area contributed by atoms with Crippen LogP contribution in [0, 0.1) is 23.7 Å². The number of allylic oxidation sites excluding steroid dienone is 2. The minimum absolute atomic E-state index is 0.00742. The van der Waals surface area contributed by atoms with Crippen molar-refractivity contribution in [3.8, 4) is 0 Å². The highest BCUT2D eigenvalue weighted by Crippen LogP contribution is 2.36. The molecule has 4 atom stereocenters. The molecular formula is C22H38O4. The summed E-state index contributed by atoms with van der Waals surface area (Å²) in [5, 5.41) is 0. The molecule has 0 aromatic carbocycles. The Labute approximate surface area is 159 Å². The molecule has 1 aliphatic rings. The molecule has 0 saturated heterocycles. The van der Waals surface area contributed by atoms with Crippen LogP contribution in [0.2, 0.25) is 0 Å². The SMILES string of the molecule is CCCCCCOC(=O)C1C(C)C=CC(C)C1C(=O)OCCCCCC. The zero-order valence-electron chi connectivity index (χ0n) is 17.2. The van der Waals surface area contributed by atoms with Gasteiger partial charge in [0.15, 0.2) is 0 Å². The van der Waals surface area contributed by atoms with E-state index in [0.717, 1.165) is 51.4 Å². The Morgan fingerprint density at radius 3 is 1.42 bits per heavy atom. The molecule has 0 N–H and O–H groups in total. The summed E-state index contributed by atoms with van der Waals surface area (Å²) in [5.41, 5.74) is 0. The quantitative estimate of drug-likeness (QED) is 0.267. The smallest absolute Gasteiger partial charge is 0.310 e. The van der Waals surface area contributed by atoms with Crippen LogP contribution < -0.4 is 0 Å². The van der Waals surface area contributed by atoms with Crippen molar-refractivity contribution in [2.75, 3.05) is 13.2 Å². The fourth-order valence-electron chi connectivity index (χ4n) is 3.56. The molecule has 4 nitrogen and oxygen atoms in total. The van der Waals surface area contributed by atoms with Gasteiger partial charge in [0.1, 0.15) is 0 Å². The van der Waals surface area contributed by atoms with Gasteiger partial charge >= 0.3 is 11.9 Å². The van der Waals surface area contributed by atoms with E-state index in [-0.39, 0.29) is 23.8 Å². The third kappa shape index (κ3) is 7.51. The Kier molecular flexibility index (Phi) is 11.3. The second-order valence-corrected chi connectivity index (χ2v) is 7.61. The van der Waals surface area contributed by atoms with E-state index in [1.54, 1.807) is 0 Å². The van der Waals surface area contributed by atoms with Gasteiger partial charge < -0.3 is 9.47 Å². The van der Waals surface area contributed by atoms with Crippen molar-refractivity contribution in [1.29, 1.82) is 0 Å². The van der Waals surface area contributed by atoms with Gasteiger partial charge in [0.2, 0.25) is 0 Å². The Morgan fingerprint density at radius 2 is 1.08 bits per heavy atom. The number of esters is 2. The highest BCUT2D eigenvalue weighted by Gasteiger charge is 2.43. The molecule has 1 rings (SSSR count). The minimum Gasteiger partial charge on any atom is -0.465 e. The van der Waals surface area contributed by atoms with E-state index in [4.69, 9.17) is 9.47 Å². The van der Waals surface area contributed by atoms with Gasteiger partial charge in [0, 0.05) is 0 Å². The summed E-state index contributed by atoms with van der Waals surface area (Å²) in [5.74, 6) is -1.40. The lowest BCUT2D eigenvalue weighted by atomic mass is 9.71. The molecule has 150 valence electrons. The molecule has 0 saturated carbocycles. The largest absolute Gasteiger partial charge is 0.465 e. The second-order valence-electron chi connectivity index (χ2n) is 7.61. The van der Waals surface area contributed by atoms with E-state index >= 15 is 0 Å². The summed E-state index contributed by atoms with van der Waals surface area (Å²) in [6, 6.07) is 0. The van der Waals surface area contributed by atoms with Crippen molar-refractivity contribution < 1.29 is 19.1 Å². The molecule has 4 unspecified atom stereocenters. The first-order chi connectivity index (χ1) is 12.5. The van der Waals surface area contributed by atoms with Gasteiger partial charge in [0.05, 0.1) is 25.0 Å². The zero-order valence-corrected chi connectivity index (χ0v) is 17.2. The van der Waals surface area contributed by atoms with E-state index in [2.05, 4.69) is 13.8 Å². The lowest BCUT2D eigenvalue weighted by Crippen LogP contribution is -2.41. The highest BCUT2D eigenvalue weighted by atomic mass is 16.5. The molecule has 0 heterocycles. The second kappa shape index (κ2) is 12.9. The third-order valence-electron chi connectivity index (χ3n) is 5.27. The molecule has 26 heavy (non-hydrogen) atoms. The molecule has 0 aliphatic heterocycles. The number of unbranched alkanes of at least 4 members (excludes halogenated alkanes) is 6. The van der Waals surface area contributed by atoms with Crippen LogP contribution in [0.4, 0.5) is 0 Å². The summed E-state index contributed by atoms with van der Waals surface area (Å²) >= 11 is 0. The van der Waals surface area contributed by atoms with Crippen LogP contribution in [0.1, 0.15) is 79.1 Å². The Balaban J connectivity index is 2.59. The fraction of sp³-hybridized carbons (Fsp3) is 0.818. The molecule has 0 spiro atoms. The maximum Gasteiger partial charge on any atom is 0.310 e. The summed E-state index contributed by atoms with van der Waals surface area (Å²) in [7, 11) is 0. The summed E-state index contributed by atoms with van der Waals surface area (Å²) in [4.78, 5) is 25.3. The number of hydrogen-bond acceptors (Lipinski definition) is 4. The first-order valence-electron chi connectivity index (χ1n) is 10.5. The van der Waals surface area contributed by atoms with Crippen LogP contribution in [-0.4, -0.2) is 25.2 Å². The summed E-state index contributed by atoms with van der Waals surface area (Å²) in [6.07, 6.45) is 12.6. The number of rotatable bonds is 12. The predicted octanol–water partition coefficient (Wildman–Crippen LogP) is 5.31. The maximum absolute atomic E-state index is 12.7. The molecule has 1 aliphatic carbocycles. The van der Waals surface area contributed by atoms with Gasteiger partial charge in [-0.2, -0.15) is 0 Å². The van der Waals surface area contributed by atoms with Crippen molar-refractivity contribution in [3.05, 3.63) is 12.2 Å². The van der Waals surface area contributed by atoms with E-state index in [1.165, 1.54) is 0 Å². The van der Waals surface area contributed by atoms with Gasteiger partial charge in [-0.05, 0) is 24.7 Å². The molecule has 0 aromatic heterocycles. The van der Waals surface area contributed by atoms with Crippen LogP contribution in [-0.2, 0) is 19.1 Å². The van der Waals surface area contributed by atoms with Crippen LogP contribution in [0.3, 0.4) is 0 Å². The first-order valence-corrected chi connectivity index (χ1v) is 10.5. The van der Waals surface area contributed by atoms with E-state index < -0.39 is 11.8 Å². The number of carbonyl (C=O) groups is 2. The molecule has 0 aromatic rings. The number of ether oxygens (including phenoxy) is 2. The van der Waals surface area contributed by atoms with E-state index in [9.17, 15) is 9.59 Å². The fourth-order valence-corrected chi connectivity index (χ4v) is 3.56. The Morgan fingerprint density at radius 1 is 0.692 bits per heavy atom. The van der Waals surface area contributed by atoms with Crippen molar-refractivity contribution in [2.24, 2.45) is 23.7 Å². The van der Waals surface area contributed by atoms with Gasteiger partial charge in [-0.1, -0.05) is 78.4 Å². The van der Waals surface area contributed by atoms with Crippen LogP contribution in [0.15, 0.2) is 12.2 Å². The lowest BCUT2D eigenvalue weighted by molar-refractivity contribution is -0.164. The standard InChI is InChI=1S/C22H38O4/c1-5-7-9-11-15-25-21(23)19-17(3)13-14-18(4)20(19)22(24)26-16-12-10-8-6-2/h13-14,17-20H,5-12,15-16H2,1-4H3. The van der Waals surface area contributed by atoms with Gasteiger partial charge in [-0.25, -0.2) is 0 Å². The van der Waals surface area contributed by atoms with Gasteiger partial charge in [0.25, 0.3) is 0 Å². The molecule has 4 heteroatoms. The van der Waals surface area contributed by atoms with Crippen molar-refractivity contribution in [2.45, 2.75) is 79.1 Å². The van der Waals surface area contributed by atoms with Gasteiger partial charge in [-0.15, -0.1) is 0 Å². The molecule has 0 bridgehead atoms. The summed E-state index contributed by atoms with van der Waals surface area (Å²) < 4.78 is 11.0. The normalized spacial score (nSPS) is 25.1. The number of hydrogen-bond donors (Lipinski definition) is 0. The molecular weight excluding hydrogens is 328 g/mol. The van der Waals surface area contributed by atoms with Gasteiger partial charge in [-0.3, -0.25) is 9.59 Å². The average Bonchev–Trinajstić information content (AvgIpc) is 2.62. The first kappa shape index (κ1) is 22.7. The summed E-state index contributed by atoms with van der Waals surface area (Å²) in [6.45, 7) is 9.15. The monoisotopic (exact) mass is 366 g/mol. The Bertz CT molecular complexity index is 403. The molecule has 0 radical (unpaired) electrons. The predicted molar refractivity (Wildman–Crippen MR) is 105 cm³/mol.